The normalized spacial score (nSPS) is 21.1. The predicted molar refractivity (Wildman–Crippen MR) is 121 cm³/mol. The van der Waals surface area contributed by atoms with Crippen molar-refractivity contribution in [3.05, 3.63) is 65.1 Å². The summed E-state index contributed by atoms with van der Waals surface area (Å²) in [6, 6.07) is 9.11. The van der Waals surface area contributed by atoms with Crippen LogP contribution in [0.3, 0.4) is 0 Å². The largest absolute Gasteiger partial charge is 0.388 e. The first-order valence-electron chi connectivity index (χ1n) is 9.91. The number of aliphatic hydroxyl groups is 2. The molecule has 5 rings (SSSR count). The zero-order chi connectivity index (χ0) is 21.7. The summed E-state index contributed by atoms with van der Waals surface area (Å²) in [6.45, 7) is 0. The summed E-state index contributed by atoms with van der Waals surface area (Å²) in [5, 5.41) is 23.4. The number of aromatic nitrogens is 4. The Morgan fingerprint density at radius 2 is 1.87 bits per heavy atom. The van der Waals surface area contributed by atoms with E-state index < -0.39 is 18.2 Å². The third-order valence-corrected chi connectivity index (χ3v) is 6.17. The SMILES string of the molecule is Nc1nc2cc(CCC3=C[C@@H](n4ccc5c(N)ncnc54)[C@H](O)[C@@H]3O)ccc2cc1Cl. The van der Waals surface area contributed by atoms with Crippen LogP contribution in [0.15, 0.2) is 54.5 Å². The maximum Gasteiger partial charge on any atom is 0.146 e. The number of aliphatic hydroxyl groups excluding tert-OH is 2. The number of pyridine rings is 1. The van der Waals surface area contributed by atoms with Crippen molar-refractivity contribution in [2.75, 3.05) is 11.5 Å². The van der Waals surface area contributed by atoms with Crippen LogP contribution in [-0.2, 0) is 6.42 Å². The molecule has 1 aliphatic rings. The van der Waals surface area contributed by atoms with E-state index in [9.17, 15) is 10.2 Å². The van der Waals surface area contributed by atoms with Gasteiger partial charge in [0.15, 0.2) is 0 Å². The Balaban J connectivity index is 1.39. The van der Waals surface area contributed by atoms with Crippen molar-refractivity contribution in [2.24, 2.45) is 0 Å². The van der Waals surface area contributed by atoms with E-state index in [1.807, 2.05) is 34.9 Å². The van der Waals surface area contributed by atoms with Gasteiger partial charge in [-0.25, -0.2) is 15.0 Å². The monoisotopic (exact) mass is 436 g/mol. The van der Waals surface area contributed by atoms with Gasteiger partial charge in [0.25, 0.3) is 0 Å². The summed E-state index contributed by atoms with van der Waals surface area (Å²) in [5.74, 6) is 0.683. The van der Waals surface area contributed by atoms with Gasteiger partial charge in [0.1, 0.15) is 35.8 Å². The van der Waals surface area contributed by atoms with Crippen LogP contribution < -0.4 is 11.5 Å². The lowest BCUT2D eigenvalue weighted by Crippen LogP contribution is -2.29. The Labute approximate surface area is 182 Å². The highest BCUT2D eigenvalue weighted by atomic mass is 35.5. The highest BCUT2D eigenvalue weighted by Crippen LogP contribution is 2.34. The summed E-state index contributed by atoms with van der Waals surface area (Å²) in [7, 11) is 0. The van der Waals surface area contributed by atoms with E-state index in [2.05, 4.69) is 15.0 Å². The molecular formula is C22H21ClN6O2. The number of nitrogen functional groups attached to an aromatic ring is 2. The summed E-state index contributed by atoms with van der Waals surface area (Å²) in [5.41, 5.74) is 15.0. The Morgan fingerprint density at radius 3 is 2.71 bits per heavy atom. The van der Waals surface area contributed by atoms with E-state index in [1.54, 1.807) is 12.3 Å². The number of rotatable bonds is 4. The third-order valence-electron chi connectivity index (χ3n) is 5.86. The molecule has 3 aromatic heterocycles. The Morgan fingerprint density at radius 1 is 1.03 bits per heavy atom. The average molecular weight is 437 g/mol. The van der Waals surface area contributed by atoms with Crippen molar-refractivity contribution in [2.45, 2.75) is 31.1 Å². The van der Waals surface area contributed by atoms with E-state index in [0.29, 0.717) is 40.5 Å². The third kappa shape index (κ3) is 3.38. The molecule has 9 heteroatoms. The number of halogens is 1. The van der Waals surface area contributed by atoms with E-state index in [-0.39, 0.29) is 0 Å². The van der Waals surface area contributed by atoms with Gasteiger partial charge in [-0.2, -0.15) is 0 Å². The molecule has 0 saturated carbocycles. The van der Waals surface area contributed by atoms with Crippen molar-refractivity contribution in [1.29, 1.82) is 0 Å². The predicted octanol–water partition coefficient (Wildman–Crippen LogP) is 2.63. The number of nitrogens with zero attached hydrogens (tertiary/aromatic N) is 4. The van der Waals surface area contributed by atoms with Crippen molar-refractivity contribution >= 4 is 45.2 Å². The van der Waals surface area contributed by atoms with Gasteiger partial charge in [0, 0.05) is 11.6 Å². The van der Waals surface area contributed by atoms with Gasteiger partial charge in [-0.15, -0.1) is 0 Å². The maximum absolute atomic E-state index is 10.7. The van der Waals surface area contributed by atoms with Crippen LogP contribution in [0.5, 0.6) is 0 Å². The molecule has 6 N–H and O–H groups in total. The van der Waals surface area contributed by atoms with Gasteiger partial charge < -0.3 is 26.2 Å². The van der Waals surface area contributed by atoms with E-state index in [4.69, 9.17) is 23.1 Å². The molecule has 158 valence electrons. The number of benzene rings is 1. The van der Waals surface area contributed by atoms with Gasteiger partial charge >= 0.3 is 0 Å². The molecule has 0 bridgehead atoms. The molecule has 0 fully saturated rings. The fourth-order valence-electron chi connectivity index (χ4n) is 4.18. The molecule has 3 heterocycles. The number of hydrogen-bond acceptors (Lipinski definition) is 7. The Bertz CT molecular complexity index is 1330. The number of hydrogen-bond donors (Lipinski definition) is 4. The highest BCUT2D eigenvalue weighted by Gasteiger charge is 2.36. The first-order chi connectivity index (χ1) is 14.9. The van der Waals surface area contributed by atoms with Crippen LogP contribution in [-0.4, -0.2) is 41.9 Å². The Kier molecular flexibility index (Phi) is 4.77. The van der Waals surface area contributed by atoms with Crippen molar-refractivity contribution < 1.29 is 10.2 Å². The van der Waals surface area contributed by atoms with Crippen molar-refractivity contribution in [3.63, 3.8) is 0 Å². The van der Waals surface area contributed by atoms with Gasteiger partial charge in [0.05, 0.1) is 22.0 Å². The first-order valence-corrected chi connectivity index (χ1v) is 10.3. The van der Waals surface area contributed by atoms with Gasteiger partial charge in [-0.05, 0) is 42.2 Å². The minimum absolute atomic E-state index is 0.301. The van der Waals surface area contributed by atoms with Crippen LogP contribution in [0, 0.1) is 0 Å². The number of nitrogens with two attached hydrogens (primary N) is 2. The zero-order valence-corrected chi connectivity index (χ0v) is 17.2. The van der Waals surface area contributed by atoms with Crippen LogP contribution >= 0.6 is 11.6 Å². The van der Waals surface area contributed by atoms with Crippen molar-refractivity contribution in [1.82, 2.24) is 19.5 Å². The molecule has 3 atom stereocenters. The minimum Gasteiger partial charge on any atom is -0.388 e. The number of anilines is 2. The fourth-order valence-corrected chi connectivity index (χ4v) is 4.34. The smallest absolute Gasteiger partial charge is 0.146 e. The van der Waals surface area contributed by atoms with Crippen LogP contribution in [0.25, 0.3) is 21.9 Å². The molecule has 0 radical (unpaired) electrons. The van der Waals surface area contributed by atoms with Crippen molar-refractivity contribution in [3.8, 4) is 0 Å². The van der Waals surface area contributed by atoms with Crippen LogP contribution in [0.2, 0.25) is 5.02 Å². The quantitative estimate of drug-likeness (QED) is 0.361. The lowest BCUT2D eigenvalue weighted by molar-refractivity contribution is 0.0317. The minimum atomic E-state index is -0.970. The molecule has 0 aliphatic heterocycles. The molecule has 4 aromatic rings. The second-order valence-electron chi connectivity index (χ2n) is 7.77. The van der Waals surface area contributed by atoms with Gasteiger partial charge in [-0.3, -0.25) is 0 Å². The highest BCUT2D eigenvalue weighted by molar-refractivity contribution is 6.33. The second-order valence-corrected chi connectivity index (χ2v) is 8.18. The molecular weight excluding hydrogens is 416 g/mol. The summed E-state index contributed by atoms with van der Waals surface area (Å²) in [4.78, 5) is 12.6. The lowest BCUT2D eigenvalue weighted by atomic mass is 10.0. The second kappa shape index (κ2) is 7.49. The molecule has 0 saturated heterocycles. The number of aryl methyl sites for hydroxylation is 1. The maximum atomic E-state index is 10.7. The summed E-state index contributed by atoms with van der Waals surface area (Å²) in [6.07, 6.45) is 4.47. The molecule has 1 aliphatic carbocycles. The topological polar surface area (TPSA) is 136 Å². The molecule has 1 aromatic carbocycles. The standard InChI is InChI=1S/C22H21ClN6O2/c23-15-8-12-3-1-11(7-16(12)28-21(15)25)2-4-13-9-17(19(31)18(13)30)29-6-5-14-20(24)26-10-27-22(14)29/h1,3,5-10,17-19,30-31H,2,4H2,(H2,25,28)(H2,24,26,27)/t17-,18-,19+/m1/s1. The number of fused-ring (bicyclic) bond motifs is 2. The lowest BCUT2D eigenvalue weighted by Gasteiger charge is -2.19. The van der Waals surface area contributed by atoms with E-state index in [1.165, 1.54) is 6.33 Å². The van der Waals surface area contributed by atoms with Gasteiger partial charge in [-0.1, -0.05) is 29.8 Å². The molecule has 0 unspecified atom stereocenters. The summed E-state index contributed by atoms with van der Waals surface area (Å²) < 4.78 is 1.82. The van der Waals surface area contributed by atoms with E-state index >= 15 is 0 Å². The zero-order valence-electron chi connectivity index (χ0n) is 16.5. The Hall–Kier alpha value is -3.20. The molecule has 0 amide bonds. The van der Waals surface area contributed by atoms with E-state index in [0.717, 1.165) is 22.0 Å². The average Bonchev–Trinajstić information content (AvgIpc) is 3.30. The fraction of sp³-hybridized carbons (Fsp3) is 0.227. The molecule has 8 nitrogen and oxygen atoms in total. The van der Waals surface area contributed by atoms with Gasteiger partial charge in [0.2, 0.25) is 0 Å². The van der Waals surface area contributed by atoms with Crippen LogP contribution in [0.4, 0.5) is 11.6 Å². The molecule has 0 spiro atoms. The summed E-state index contributed by atoms with van der Waals surface area (Å²) >= 11 is 6.04. The molecule has 31 heavy (non-hydrogen) atoms. The van der Waals surface area contributed by atoms with Crippen LogP contribution in [0.1, 0.15) is 18.0 Å². The first kappa shape index (κ1) is 19.7.